The number of hydrogen-bond acceptors (Lipinski definition) is 1. The van der Waals surface area contributed by atoms with Gasteiger partial charge in [0.05, 0.1) is 0 Å². The predicted molar refractivity (Wildman–Crippen MR) is 59.1 cm³/mol. The lowest BCUT2D eigenvalue weighted by Gasteiger charge is -2.14. The van der Waals surface area contributed by atoms with E-state index in [4.69, 9.17) is 0 Å². The molecule has 0 bridgehead atoms. The van der Waals surface area contributed by atoms with Crippen molar-refractivity contribution in [2.45, 2.75) is 46.5 Å². The van der Waals surface area contributed by atoms with Crippen molar-refractivity contribution >= 4 is 5.71 Å². The zero-order chi connectivity index (χ0) is 9.84. The monoisotopic (exact) mass is 177 g/mol. The molecule has 0 aliphatic heterocycles. The molecule has 0 radical (unpaired) electrons. The summed E-state index contributed by atoms with van der Waals surface area (Å²) in [7, 11) is 0. The normalized spacial score (nSPS) is 19.2. The number of aliphatic imine (C=N–C) groups is 1. The van der Waals surface area contributed by atoms with Crippen LogP contribution in [0.4, 0.5) is 0 Å². The predicted octanol–water partition coefficient (Wildman–Crippen LogP) is 3.87. The maximum Gasteiger partial charge on any atom is 0.0399 e. The van der Waals surface area contributed by atoms with Crippen LogP contribution in [0, 0.1) is 0 Å². The molecule has 0 fully saturated rings. The van der Waals surface area contributed by atoms with E-state index in [-0.39, 0.29) is 0 Å². The summed E-state index contributed by atoms with van der Waals surface area (Å²) < 4.78 is 0. The molecule has 0 aromatic heterocycles. The molecule has 1 nitrogen and oxygen atoms in total. The van der Waals surface area contributed by atoms with Crippen LogP contribution in [0.2, 0.25) is 0 Å². The molecule has 0 unspecified atom stereocenters. The molecule has 0 aromatic rings. The summed E-state index contributed by atoms with van der Waals surface area (Å²) in [4.78, 5) is 4.61. The maximum atomic E-state index is 4.61. The summed E-state index contributed by atoms with van der Waals surface area (Å²) in [6.07, 6.45) is 5.00. The van der Waals surface area contributed by atoms with Crippen LogP contribution in [0.25, 0.3) is 0 Å². The Morgan fingerprint density at radius 2 is 1.85 bits per heavy atom. The number of nitrogens with zero attached hydrogens (tertiary/aromatic N) is 1. The largest absolute Gasteiger partial charge is 0.258 e. The van der Waals surface area contributed by atoms with Gasteiger partial charge in [-0.05, 0) is 52.0 Å². The van der Waals surface area contributed by atoms with Crippen LogP contribution in [0.3, 0.4) is 0 Å². The smallest absolute Gasteiger partial charge is 0.0399 e. The molecular weight excluding hydrogens is 158 g/mol. The molecule has 1 aliphatic rings. The third-order valence-electron chi connectivity index (χ3n) is 2.63. The van der Waals surface area contributed by atoms with Crippen LogP contribution < -0.4 is 0 Å². The molecule has 1 aliphatic carbocycles. The van der Waals surface area contributed by atoms with Gasteiger partial charge in [-0.15, -0.1) is 0 Å². The second kappa shape index (κ2) is 4.40. The highest BCUT2D eigenvalue weighted by Gasteiger charge is 2.08. The second-order valence-corrected chi connectivity index (χ2v) is 3.91. The highest BCUT2D eigenvalue weighted by Crippen LogP contribution is 2.25. The molecule has 0 N–H and O–H groups in total. The quantitative estimate of drug-likeness (QED) is 0.568. The van der Waals surface area contributed by atoms with Crippen molar-refractivity contribution in [3.05, 3.63) is 23.4 Å². The molecule has 0 saturated heterocycles. The minimum atomic E-state index is 1.07. The molecule has 0 amide bonds. The highest BCUT2D eigenvalue weighted by molar-refractivity contribution is 5.97. The minimum absolute atomic E-state index is 1.07. The lowest BCUT2D eigenvalue weighted by molar-refractivity contribution is 0.667. The third kappa shape index (κ3) is 2.83. The SMILES string of the molecule is C=C(C)C(C)=NC1=C(C)CCCC1. The zero-order valence-corrected chi connectivity index (χ0v) is 8.98. The van der Waals surface area contributed by atoms with E-state index >= 15 is 0 Å². The fourth-order valence-electron chi connectivity index (χ4n) is 1.49. The Labute approximate surface area is 81.3 Å². The van der Waals surface area contributed by atoms with Gasteiger partial charge < -0.3 is 0 Å². The fourth-order valence-corrected chi connectivity index (χ4v) is 1.49. The van der Waals surface area contributed by atoms with E-state index < -0.39 is 0 Å². The van der Waals surface area contributed by atoms with Crippen molar-refractivity contribution < 1.29 is 0 Å². The van der Waals surface area contributed by atoms with Gasteiger partial charge in [0, 0.05) is 11.4 Å². The Morgan fingerprint density at radius 1 is 1.23 bits per heavy atom. The van der Waals surface area contributed by atoms with Crippen LogP contribution in [0.15, 0.2) is 28.4 Å². The average molecular weight is 177 g/mol. The summed E-state index contributed by atoms with van der Waals surface area (Å²) in [6.45, 7) is 10.1. The molecule has 0 atom stereocenters. The molecule has 0 heterocycles. The Hall–Kier alpha value is -0.850. The summed E-state index contributed by atoms with van der Waals surface area (Å²) >= 11 is 0. The Balaban J connectivity index is 2.82. The summed E-state index contributed by atoms with van der Waals surface area (Å²) in [5, 5.41) is 0. The first-order valence-electron chi connectivity index (χ1n) is 5.01. The average Bonchev–Trinajstić information content (AvgIpc) is 2.08. The van der Waals surface area contributed by atoms with E-state index in [1.165, 1.54) is 30.5 Å². The van der Waals surface area contributed by atoms with Crippen LogP contribution in [0.1, 0.15) is 46.5 Å². The van der Waals surface area contributed by atoms with Gasteiger partial charge in [0.1, 0.15) is 0 Å². The van der Waals surface area contributed by atoms with Gasteiger partial charge in [0.25, 0.3) is 0 Å². The van der Waals surface area contributed by atoms with E-state index in [0.29, 0.717) is 0 Å². The highest BCUT2D eigenvalue weighted by atomic mass is 14.8. The van der Waals surface area contributed by atoms with Crippen LogP contribution >= 0.6 is 0 Å². The molecule has 1 heteroatoms. The van der Waals surface area contributed by atoms with Crippen molar-refractivity contribution in [3.63, 3.8) is 0 Å². The zero-order valence-electron chi connectivity index (χ0n) is 8.98. The standard InChI is InChI=1S/C12H19N/c1-9(2)11(4)13-12-8-6-5-7-10(12)3/h1,5-8H2,2-4H3. The van der Waals surface area contributed by atoms with E-state index in [2.05, 4.69) is 18.5 Å². The third-order valence-corrected chi connectivity index (χ3v) is 2.63. The molecule has 0 spiro atoms. The lowest BCUT2D eigenvalue weighted by Crippen LogP contribution is -1.99. The van der Waals surface area contributed by atoms with Crippen LogP contribution in [-0.2, 0) is 0 Å². The number of allylic oxidation sites excluding steroid dienone is 3. The topological polar surface area (TPSA) is 12.4 Å². The molecule has 72 valence electrons. The first-order chi connectivity index (χ1) is 6.11. The maximum absolute atomic E-state index is 4.61. The van der Waals surface area contributed by atoms with E-state index in [9.17, 15) is 0 Å². The van der Waals surface area contributed by atoms with Crippen molar-refractivity contribution in [1.29, 1.82) is 0 Å². The minimum Gasteiger partial charge on any atom is -0.258 e. The van der Waals surface area contributed by atoms with Crippen molar-refractivity contribution in [3.8, 4) is 0 Å². The Kier molecular flexibility index (Phi) is 3.47. The van der Waals surface area contributed by atoms with E-state index in [1.807, 2.05) is 13.8 Å². The first-order valence-corrected chi connectivity index (χ1v) is 5.01. The van der Waals surface area contributed by atoms with Gasteiger partial charge in [-0.3, -0.25) is 4.99 Å². The fraction of sp³-hybridized carbons (Fsp3) is 0.583. The molecular formula is C12H19N. The second-order valence-electron chi connectivity index (χ2n) is 3.91. The molecule has 1 rings (SSSR count). The van der Waals surface area contributed by atoms with Crippen LogP contribution in [-0.4, -0.2) is 5.71 Å². The summed E-state index contributed by atoms with van der Waals surface area (Å²) in [5.74, 6) is 0. The number of rotatable bonds is 2. The molecule has 0 saturated carbocycles. The van der Waals surface area contributed by atoms with Gasteiger partial charge in [-0.25, -0.2) is 0 Å². The van der Waals surface area contributed by atoms with Crippen molar-refractivity contribution in [2.75, 3.05) is 0 Å². The van der Waals surface area contributed by atoms with Gasteiger partial charge in [-0.1, -0.05) is 12.2 Å². The Morgan fingerprint density at radius 3 is 2.38 bits per heavy atom. The van der Waals surface area contributed by atoms with Crippen LogP contribution in [0.5, 0.6) is 0 Å². The van der Waals surface area contributed by atoms with Gasteiger partial charge in [0.2, 0.25) is 0 Å². The van der Waals surface area contributed by atoms with Gasteiger partial charge in [-0.2, -0.15) is 0 Å². The van der Waals surface area contributed by atoms with E-state index in [0.717, 1.165) is 17.7 Å². The van der Waals surface area contributed by atoms with Crippen molar-refractivity contribution in [2.24, 2.45) is 4.99 Å². The first kappa shape index (κ1) is 10.2. The summed E-state index contributed by atoms with van der Waals surface area (Å²) in [6, 6.07) is 0. The van der Waals surface area contributed by atoms with Gasteiger partial charge in [0.15, 0.2) is 0 Å². The molecule has 0 aromatic carbocycles. The number of hydrogen-bond donors (Lipinski definition) is 0. The summed E-state index contributed by atoms with van der Waals surface area (Å²) in [5.41, 5.74) is 4.92. The van der Waals surface area contributed by atoms with E-state index in [1.54, 1.807) is 0 Å². The Bertz CT molecular complexity index is 269. The van der Waals surface area contributed by atoms with Crippen molar-refractivity contribution in [1.82, 2.24) is 0 Å². The van der Waals surface area contributed by atoms with Gasteiger partial charge >= 0.3 is 0 Å². The molecule has 13 heavy (non-hydrogen) atoms. The lowest BCUT2D eigenvalue weighted by atomic mass is 9.97.